The Hall–Kier alpha value is -1.92. The Morgan fingerprint density at radius 1 is 1.23 bits per heavy atom. The zero-order valence-electron chi connectivity index (χ0n) is 13.4. The Morgan fingerprint density at radius 3 is 2.55 bits per heavy atom. The zero-order valence-corrected chi connectivity index (χ0v) is 13.4. The number of carbonyl (C=O) groups excluding carboxylic acids is 1. The minimum atomic E-state index is -1.01. The number of aliphatic carboxylic acids is 1. The van der Waals surface area contributed by atoms with Gasteiger partial charge < -0.3 is 21.1 Å². The summed E-state index contributed by atoms with van der Waals surface area (Å²) in [7, 11) is 1.84. The highest BCUT2D eigenvalue weighted by Crippen LogP contribution is 2.16. The van der Waals surface area contributed by atoms with Crippen molar-refractivity contribution in [2.24, 2.45) is 0 Å². The van der Waals surface area contributed by atoms with E-state index in [1.54, 1.807) is 0 Å². The van der Waals surface area contributed by atoms with Crippen LogP contribution in [0.3, 0.4) is 0 Å². The number of carbonyl (C=O) groups is 2. The average molecular weight is 307 g/mol. The minimum absolute atomic E-state index is 0.0950. The maximum absolute atomic E-state index is 12.0. The number of aryl methyl sites for hydroxylation is 2. The van der Waals surface area contributed by atoms with Gasteiger partial charge in [-0.25, -0.2) is 0 Å². The molecular formula is C16H25N3O3. The molecule has 0 aromatic heterocycles. The molecular weight excluding hydrogens is 282 g/mol. The van der Waals surface area contributed by atoms with Gasteiger partial charge in [-0.2, -0.15) is 0 Å². The van der Waals surface area contributed by atoms with Crippen LogP contribution in [0.4, 0.5) is 5.69 Å². The van der Waals surface area contributed by atoms with Gasteiger partial charge in [0.2, 0.25) is 5.91 Å². The molecule has 0 heterocycles. The Kier molecular flexibility index (Phi) is 7.56. The molecule has 6 nitrogen and oxygen atoms in total. The molecule has 1 rings (SSSR count). The number of benzene rings is 1. The third-order valence-corrected chi connectivity index (χ3v) is 3.34. The van der Waals surface area contributed by atoms with Gasteiger partial charge >= 0.3 is 5.97 Å². The van der Waals surface area contributed by atoms with E-state index in [4.69, 9.17) is 0 Å². The standard InChI is InChI=1S/C16H25N3O3/c1-11-5-6-13(12(2)9-11)19-15(20)10-14(16(21)22)18-8-4-7-17-3/h5-6,9,14,17-18H,4,7-8,10H2,1-3H3,(H,19,20)(H,21,22)/t14-/m1/s1. The topological polar surface area (TPSA) is 90.5 Å². The van der Waals surface area contributed by atoms with E-state index >= 15 is 0 Å². The van der Waals surface area contributed by atoms with Gasteiger partial charge in [0, 0.05) is 5.69 Å². The lowest BCUT2D eigenvalue weighted by atomic mass is 10.1. The van der Waals surface area contributed by atoms with Crippen LogP contribution in [-0.2, 0) is 9.59 Å². The predicted molar refractivity (Wildman–Crippen MR) is 87.1 cm³/mol. The number of nitrogens with one attached hydrogen (secondary N) is 3. The van der Waals surface area contributed by atoms with Gasteiger partial charge in [-0.15, -0.1) is 0 Å². The van der Waals surface area contributed by atoms with Crippen molar-refractivity contribution in [1.82, 2.24) is 10.6 Å². The first kappa shape index (κ1) is 18.1. The highest BCUT2D eigenvalue weighted by atomic mass is 16.4. The number of rotatable bonds is 9. The quantitative estimate of drug-likeness (QED) is 0.516. The first-order valence-electron chi connectivity index (χ1n) is 7.42. The fourth-order valence-electron chi connectivity index (χ4n) is 2.13. The molecule has 1 amide bonds. The molecule has 6 heteroatoms. The SMILES string of the molecule is CNCCCN[C@H](CC(=O)Nc1ccc(C)cc1C)C(=O)O. The summed E-state index contributed by atoms with van der Waals surface area (Å²) in [6.45, 7) is 5.24. The van der Waals surface area contributed by atoms with Crippen molar-refractivity contribution < 1.29 is 14.7 Å². The molecule has 0 aliphatic heterocycles. The van der Waals surface area contributed by atoms with Gasteiger partial charge in [-0.1, -0.05) is 17.7 Å². The largest absolute Gasteiger partial charge is 0.480 e. The molecule has 0 bridgehead atoms. The first-order valence-corrected chi connectivity index (χ1v) is 7.42. The van der Waals surface area contributed by atoms with E-state index in [9.17, 15) is 14.7 Å². The smallest absolute Gasteiger partial charge is 0.321 e. The van der Waals surface area contributed by atoms with E-state index in [-0.39, 0.29) is 12.3 Å². The van der Waals surface area contributed by atoms with Crippen molar-refractivity contribution in [3.63, 3.8) is 0 Å². The van der Waals surface area contributed by atoms with Crippen LogP contribution in [0.2, 0.25) is 0 Å². The summed E-state index contributed by atoms with van der Waals surface area (Å²) in [5, 5.41) is 17.8. The van der Waals surface area contributed by atoms with Crippen LogP contribution in [0.1, 0.15) is 24.0 Å². The fourth-order valence-corrected chi connectivity index (χ4v) is 2.13. The van der Waals surface area contributed by atoms with Crippen molar-refractivity contribution in [2.45, 2.75) is 32.7 Å². The highest BCUT2D eigenvalue weighted by Gasteiger charge is 2.20. The minimum Gasteiger partial charge on any atom is -0.480 e. The number of amides is 1. The zero-order chi connectivity index (χ0) is 16.5. The number of carboxylic acid groups (broad SMARTS) is 1. The fraction of sp³-hybridized carbons (Fsp3) is 0.500. The lowest BCUT2D eigenvalue weighted by Gasteiger charge is -2.15. The lowest BCUT2D eigenvalue weighted by molar-refractivity contribution is -0.141. The second-order valence-corrected chi connectivity index (χ2v) is 5.37. The van der Waals surface area contributed by atoms with E-state index in [1.807, 2.05) is 39.1 Å². The number of hydrogen-bond acceptors (Lipinski definition) is 4. The van der Waals surface area contributed by atoms with Crippen LogP contribution in [0.25, 0.3) is 0 Å². The van der Waals surface area contributed by atoms with E-state index in [2.05, 4.69) is 16.0 Å². The van der Waals surface area contributed by atoms with E-state index in [0.29, 0.717) is 6.54 Å². The average Bonchev–Trinajstić information content (AvgIpc) is 2.45. The summed E-state index contributed by atoms with van der Waals surface area (Å²) in [4.78, 5) is 23.2. The number of anilines is 1. The summed E-state index contributed by atoms with van der Waals surface area (Å²) >= 11 is 0. The van der Waals surface area contributed by atoms with Gasteiger partial charge in [0.15, 0.2) is 0 Å². The summed E-state index contributed by atoms with van der Waals surface area (Å²) in [5.74, 6) is -1.32. The molecule has 122 valence electrons. The summed E-state index contributed by atoms with van der Waals surface area (Å²) in [6.07, 6.45) is 0.709. The Morgan fingerprint density at radius 2 is 1.95 bits per heavy atom. The second kappa shape index (κ2) is 9.17. The molecule has 1 atom stereocenters. The molecule has 0 aliphatic rings. The van der Waals surface area contributed by atoms with Crippen LogP contribution in [-0.4, -0.2) is 43.2 Å². The van der Waals surface area contributed by atoms with Crippen molar-refractivity contribution in [3.8, 4) is 0 Å². The molecule has 4 N–H and O–H groups in total. The lowest BCUT2D eigenvalue weighted by Crippen LogP contribution is -2.40. The van der Waals surface area contributed by atoms with Crippen molar-refractivity contribution in [3.05, 3.63) is 29.3 Å². The maximum atomic E-state index is 12.0. The molecule has 0 spiro atoms. The first-order chi connectivity index (χ1) is 10.4. The van der Waals surface area contributed by atoms with Crippen LogP contribution >= 0.6 is 0 Å². The van der Waals surface area contributed by atoms with E-state index < -0.39 is 12.0 Å². The monoisotopic (exact) mass is 307 g/mol. The normalized spacial score (nSPS) is 12.0. The van der Waals surface area contributed by atoms with Crippen molar-refractivity contribution >= 4 is 17.6 Å². The van der Waals surface area contributed by atoms with Crippen molar-refractivity contribution in [2.75, 3.05) is 25.5 Å². The molecule has 0 fully saturated rings. The molecule has 1 aromatic carbocycles. The Balaban J connectivity index is 2.54. The van der Waals surface area contributed by atoms with Crippen molar-refractivity contribution in [1.29, 1.82) is 0 Å². The third-order valence-electron chi connectivity index (χ3n) is 3.34. The number of carboxylic acids is 1. The van der Waals surface area contributed by atoms with Crippen LogP contribution in [0, 0.1) is 13.8 Å². The molecule has 1 aromatic rings. The van der Waals surface area contributed by atoms with Gasteiger partial charge in [-0.3, -0.25) is 9.59 Å². The van der Waals surface area contributed by atoms with E-state index in [0.717, 1.165) is 29.8 Å². The van der Waals surface area contributed by atoms with Crippen LogP contribution in [0.15, 0.2) is 18.2 Å². The van der Waals surface area contributed by atoms with Gasteiger partial charge in [0.05, 0.1) is 6.42 Å². The predicted octanol–water partition coefficient (Wildman–Crippen LogP) is 1.28. The summed E-state index contributed by atoms with van der Waals surface area (Å²) in [5.41, 5.74) is 2.79. The van der Waals surface area contributed by atoms with Gasteiger partial charge in [-0.05, 0) is 52.0 Å². The summed E-state index contributed by atoms with van der Waals surface area (Å²) < 4.78 is 0. The molecule has 0 saturated heterocycles. The van der Waals surface area contributed by atoms with Gasteiger partial charge in [0.1, 0.15) is 6.04 Å². The molecule has 0 unspecified atom stereocenters. The highest BCUT2D eigenvalue weighted by molar-refractivity contribution is 5.94. The molecule has 0 aliphatic carbocycles. The van der Waals surface area contributed by atoms with Gasteiger partial charge in [0.25, 0.3) is 0 Å². The number of hydrogen-bond donors (Lipinski definition) is 4. The van der Waals surface area contributed by atoms with Crippen LogP contribution in [0.5, 0.6) is 0 Å². The maximum Gasteiger partial charge on any atom is 0.321 e. The molecule has 22 heavy (non-hydrogen) atoms. The second-order valence-electron chi connectivity index (χ2n) is 5.37. The third kappa shape index (κ3) is 6.24. The molecule has 0 saturated carbocycles. The molecule has 0 radical (unpaired) electrons. The van der Waals surface area contributed by atoms with E-state index in [1.165, 1.54) is 0 Å². The Bertz CT molecular complexity index is 517. The summed E-state index contributed by atoms with van der Waals surface area (Å²) in [6, 6.07) is 4.84. The van der Waals surface area contributed by atoms with Crippen LogP contribution < -0.4 is 16.0 Å². The Labute approximate surface area is 131 Å².